The van der Waals surface area contributed by atoms with E-state index in [2.05, 4.69) is 10.3 Å². The van der Waals surface area contributed by atoms with Crippen molar-refractivity contribution in [1.82, 2.24) is 5.32 Å². The van der Waals surface area contributed by atoms with Crippen molar-refractivity contribution < 1.29 is 14.1 Å². The summed E-state index contributed by atoms with van der Waals surface area (Å²) in [5.74, 6) is 0.517. The number of benzene rings is 2. The molecule has 1 N–H and O–H groups in total. The molecule has 30 heavy (non-hydrogen) atoms. The van der Waals surface area contributed by atoms with Gasteiger partial charge in [-0.05, 0) is 61.0 Å². The van der Waals surface area contributed by atoms with Crippen LogP contribution in [0.1, 0.15) is 16.9 Å². The molecule has 1 fully saturated rings. The Kier molecular flexibility index (Phi) is 5.24. The SMILES string of the molecule is Cc1ccc(C)c(N=C2NC(=O)/C(=C\c3ccc(-c4ccccc4[N+](=O)[O-])o3)S2)c1. The fourth-order valence-corrected chi connectivity index (χ4v) is 3.79. The molecule has 8 heteroatoms. The number of hydrogen-bond donors (Lipinski definition) is 1. The van der Waals surface area contributed by atoms with Gasteiger partial charge in [-0.2, -0.15) is 0 Å². The number of furan rings is 1. The minimum Gasteiger partial charge on any atom is -0.456 e. The second-order valence-corrected chi connectivity index (χ2v) is 7.78. The van der Waals surface area contributed by atoms with Crippen molar-refractivity contribution in [3.63, 3.8) is 0 Å². The molecule has 3 aromatic rings. The van der Waals surface area contributed by atoms with Crippen molar-refractivity contribution in [2.75, 3.05) is 0 Å². The van der Waals surface area contributed by atoms with Crippen LogP contribution in [0.5, 0.6) is 0 Å². The van der Waals surface area contributed by atoms with E-state index in [0.717, 1.165) is 16.8 Å². The maximum atomic E-state index is 12.3. The van der Waals surface area contributed by atoms with Crippen molar-refractivity contribution >= 4 is 40.3 Å². The molecule has 1 amide bonds. The normalized spacial score (nSPS) is 16.3. The number of para-hydroxylation sites is 1. The van der Waals surface area contributed by atoms with Gasteiger partial charge in [0.25, 0.3) is 11.6 Å². The first-order valence-electron chi connectivity index (χ1n) is 9.11. The molecule has 0 bridgehead atoms. The number of aryl methyl sites for hydroxylation is 2. The number of amidine groups is 1. The van der Waals surface area contributed by atoms with E-state index in [-0.39, 0.29) is 11.6 Å². The molecule has 0 unspecified atom stereocenters. The van der Waals surface area contributed by atoms with Crippen LogP contribution in [0.2, 0.25) is 0 Å². The third kappa shape index (κ3) is 4.04. The average Bonchev–Trinajstić information content (AvgIpc) is 3.31. The van der Waals surface area contributed by atoms with Crippen LogP contribution in [0.25, 0.3) is 17.4 Å². The third-order valence-electron chi connectivity index (χ3n) is 4.50. The van der Waals surface area contributed by atoms with Crippen LogP contribution in [0.3, 0.4) is 0 Å². The standard InChI is InChI=1S/C22H17N3O4S/c1-13-7-8-14(2)17(11-13)23-22-24-21(26)20(30-22)12-15-9-10-19(29-15)16-5-3-4-6-18(16)25(27)28/h3-12H,1-2H3,(H,23,24,26)/b20-12+. The van der Waals surface area contributed by atoms with Crippen molar-refractivity contribution in [1.29, 1.82) is 0 Å². The number of aliphatic imine (C=N–C) groups is 1. The first kappa shape index (κ1) is 19.7. The molecule has 1 aliphatic heterocycles. The fraction of sp³-hybridized carbons (Fsp3) is 0.0909. The largest absolute Gasteiger partial charge is 0.456 e. The molecule has 1 aliphatic rings. The molecule has 0 atom stereocenters. The quantitative estimate of drug-likeness (QED) is 0.349. The highest BCUT2D eigenvalue weighted by Crippen LogP contribution is 2.33. The summed E-state index contributed by atoms with van der Waals surface area (Å²) in [6.07, 6.45) is 1.60. The van der Waals surface area contributed by atoms with E-state index in [1.807, 2.05) is 32.0 Å². The number of carbonyl (C=O) groups excluding carboxylic acids is 1. The number of nitro groups is 1. The Morgan fingerprint density at radius 3 is 2.73 bits per heavy atom. The number of carbonyl (C=O) groups is 1. The van der Waals surface area contributed by atoms with Crippen LogP contribution in [0.15, 0.2) is 68.9 Å². The minimum atomic E-state index is -0.452. The molecule has 1 aromatic heterocycles. The maximum Gasteiger partial charge on any atom is 0.280 e. The number of amides is 1. The Labute approximate surface area is 176 Å². The summed E-state index contributed by atoms with van der Waals surface area (Å²) in [4.78, 5) is 28.1. The van der Waals surface area contributed by atoms with Crippen LogP contribution in [-0.2, 0) is 4.79 Å². The van der Waals surface area contributed by atoms with Crippen LogP contribution < -0.4 is 5.32 Å². The molecule has 2 heterocycles. The minimum absolute atomic E-state index is 0.0398. The van der Waals surface area contributed by atoms with E-state index < -0.39 is 4.92 Å². The van der Waals surface area contributed by atoms with Gasteiger partial charge in [-0.3, -0.25) is 14.9 Å². The first-order valence-corrected chi connectivity index (χ1v) is 9.93. The van der Waals surface area contributed by atoms with Crippen molar-refractivity contribution in [2.24, 2.45) is 4.99 Å². The van der Waals surface area contributed by atoms with Gasteiger partial charge in [0.15, 0.2) is 5.17 Å². The van der Waals surface area contributed by atoms with E-state index in [0.29, 0.717) is 27.2 Å². The fourth-order valence-electron chi connectivity index (χ4n) is 2.98. The van der Waals surface area contributed by atoms with E-state index in [9.17, 15) is 14.9 Å². The predicted molar refractivity (Wildman–Crippen MR) is 118 cm³/mol. The second-order valence-electron chi connectivity index (χ2n) is 6.75. The van der Waals surface area contributed by atoms with Gasteiger partial charge in [0.1, 0.15) is 11.5 Å². The Balaban J connectivity index is 1.60. The molecule has 0 radical (unpaired) electrons. The smallest absolute Gasteiger partial charge is 0.280 e. The summed E-state index contributed by atoms with van der Waals surface area (Å²) in [6.45, 7) is 3.95. The van der Waals surface area contributed by atoms with E-state index in [1.165, 1.54) is 17.8 Å². The monoisotopic (exact) mass is 419 g/mol. The van der Waals surface area contributed by atoms with E-state index >= 15 is 0 Å². The molecule has 4 rings (SSSR count). The molecular formula is C22H17N3O4S. The lowest BCUT2D eigenvalue weighted by atomic mass is 10.1. The lowest BCUT2D eigenvalue weighted by Crippen LogP contribution is -2.19. The predicted octanol–water partition coefficient (Wildman–Crippen LogP) is 5.36. The first-order chi connectivity index (χ1) is 14.4. The molecule has 0 saturated carbocycles. The highest BCUT2D eigenvalue weighted by Gasteiger charge is 2.25. The van der Waals surface area contributed by atoms with Crippen LogP contribution in [-0.4, -0.2) is 16.0 Å². The molecule has 150 valence electrons. The summed E-state index contributed by atoms with van der Waals surface area (Å²) < 4.78 is 5.75. The highest BCUT2D eigenvalue weighted by molar-refractivity contribution is 8.18. The number of rotatable bonds is 4. The summed E-state index contributed by atoms with van der Waals surface area (Å²) in [5.41, 5.74) is 3.24. The van der Waals surface area contributed by atoms with Gasteiger partial charge in [0, 0.05) is 12.1 Å². The molecule has 7 nitrogen and oxygen atoms in total. The highest BCUT2D eigenvalue weighted by atomic mass is 32.2. The summed E-state index contributed by atoms with van der Waals surface area (Å²) in [7, 11) is 0. The lowest BCUT2D eigenvalue weighted by molar-refractivity contribution is -0.384. The van der Waals surface area contributed by atoms with Crippen LogP contribution in [0, 0.1) is 24.0 Å². The van der Waals surface area contributed by atoms with E-state index in [1.54, 1.807) is 36.4 Å². The number of hydrogen-bond acceptors (Lipinski definition) is 6. The Morgan fingerprint density at radius 1 is 1.13 bits per heavy atom. The summed E-state index contributed by atoms with van der Waals surface area (Å²) in [6, 6.07) is 15.6. The Hall–Kier alpha value is -3.65. The molecule has 0 spiro atoms. The zero-order valence-corrected chi connectivity index (χ0v) is 17.0. The zero-order chi connectivity index (χ0) is 21.3. The van der Waals surface area contributed by atoms with Crippen molar-refractivity contribution in [3.8, 4) is 11.3 Å². The second kappa shape index (κ2) is 8.00. The Morgan fingerprint density at radius 2 is 1.93 bits per heavy atom. The van der Waals surface area contributed by atoms with Crippen LogP contribution >= 0.6 is 11.8 Å². The molecule has 2 aromatic carbocycles. The topological polar surface area (TPSA) is 97.7 Å². The number of nitrogens with zero attached hydrogens (tertiary/aromatic N) is 2. The van der Waals surface area contributed by atoms with Gasteiger partial charge in [0.05, 0.1) is 21.1 Å². The zero-order valence-electron chi connectivity index (χ0n) is 16.2. The third-order valence-corrected chi connectivity index (χ3v) is 5.41. The lowest BCUT2D eigenvalue weighted by Gasteiger charge is -2.02. The van der Waals surface area contributed by atoms with Gasteiger partial charge >= 0.3 is 0 Å². The molecule has 0 aliphatic carbocycles. The summed E-state index contributed by atoms with van der Waals surface area (Å²) in [5, 5.41) is 14.5. The van der Waals surface area contributed by atoms with Crippen molar-refractivity contribution in [2.45, 2.75) is 13.8 Å². The maximum absolute atomic E-state index is 12.3. The molecule has 1 saturated heterocycles. The van der Waals surface area contributed by atoms with Crippen LogP contribution in [0.4, 0.5) is 11.4 Å². The number of nitro benzene ring substituents is 1. The number of nitrogens with one attached hydrogen (secondary N) is 1. The average molecular weight is 419 g/mol. The van der Waals surface area contributed by atoms with E-state index in [4.69, 9.17) is 4.42 Å². The van der Waals surface area contributed by atoms with Gasteiger partial charge < -0.3 is 9.73 Å². The van der Waals surface area contributed by atoms with Gasteiger partial charge in [0.2, 0.25) is 0 Å². The van der Waals surface area contributed by atoms with Gasteiger partial charge in [-0.15, -0.1) is 0 Å². The van der Waals surface area contributed by atoms with Crippen molar-refractivity contribution in [3.05, 3.63) is 86.5 Å². The summed E-state index contributed by atoms with van der Waals surface area (Å²) >= 11 is 1.22. The van der Waals surface area contributed by atoms with Gasteiger partial charge in [-0.1, -0.05) is 24.3 Å². The van der Waals surface area contributed by atoms with Gasteiger partial charge in [-0.25, -0.2) is 4.99 Å². The Bertz CT molecular complexity index is 1230. The number of thioether (sulfide) groups is 1. The molecular weight excluding hydrogens is 402 g/mol.